The Bertz CT molecular complexity index is 657. The Kier molecular flexibility index (Phi) is 3.84. The van der Waals surface area contributed by atoms with Crippen molar-refractivity contribution >= 4 is 23.2 Å². The van der Waals surface area contributed by atoms with E-state index in [1.165, 1.54) is 5.56 Å². The number of hydrogen-bond acceptors (Lipinski definition) is 2. The molecular formula is C17H17ClN2O. The molecule has 0 bridgehead atoms. The monoisotopic (exact) mass is 300 g/mol. The van der Waals surface area contributed by atoms with Gasteiger partial charge in [0.15, 0.2) is 0 Å². The first-order valence-electron chi connectivity index (χ1n) is 7.05. The topological polar surface area (TPSA) is 46.3 Å². The first kappa shape index (κ1) is 14.0. The van der Waals surface area contributed by atoms with Crippen molar-refractivity contribution < 1.29 is 4.79 Å². The molecule has 0 saturated carbocycles. The molecule has 21 heavy (non-hydrogen) atoms. The van der Waals surface area contributed by atoms with Crippen molar-refractivity contribution in [3.05, 3.63) is 64.7 Å². The van der Waals surface area contributed by atoms with Gasteiger partial charge in [0.25, 0.3) is 5.91 Å². The minimum Gasteiger partial charge on any atom is -0.398 e. The Morgan fingerprint density at radius 2 is 1.90 bits per heavy atom. The zero-order valence-corrected chi connectivity index (χ0v) is 12.4. The fraction of sp³-hybridized carbons (Fsp3) is 0.235. The number of amides is 1. The van der Waals surface area contributed by atoms with Crippen molar-refractivity contribution in [2.75, 3.05) is 18.8 Å². The van der Waals surface area contributed by atoms with Crippen molar-refractivity contribution in [1.82, 2.24) is 4.90 Å². The first-order valence-corrected chi connectivity index (χ1v) is 7.43. The van der Waals surface area contributed by atoms with Gasteiger partial charge in [-0.05, 0) is 24.1 Å². The molecule has 1 unspecified atom stereocenters. The Labute approximate surface area is 129 Å². The van der Waals surface area contributed by atoms with Crippen LogP contribution in [0, 0.1) is 0 Å². The van der Waals surface area contributed by atoms with Crippen molar-refractivity contribution in [3.63, 3.8) is 0 Å². The second-order valence-corrected chi connectivity index (χ2v) is 5.73. The predicted molar refractivity (Wildman–Crippen MR) is 85.6 cm³/mol. The SMILES string of the molecule is Nc1cccc(C(=O)N2CCC(c3ccccc3)C2)c1Cl. The molecule has 4 heteroatoms. The van der Waals surface area contributed by atoms with Crippen molar-refractivity contribution in [2.24, 2.45) is 0 Å². The van der Waals surface area contributed by atoms with Crippen LogP contribution >= 0.6 is 11.6 Å². The lowest BCUT2D eigenvalue weighted by molar-refractivity contribution is 0.0791. The molecule has 2 N–H and O–H groups in total. The normalized spacial score (nSPS) is 18.0. The van der Waals surface area contributed by atoms with Gasteiger partial charge in [-0.25, -0.2) is 0 Å². The van der Waals surface area contributed by atoms with Crippen LogP contribution in [-0.4, -0.2) is 23.9 Å². The van der Waals surface area contributed by atoms with Crippen LogP contribution in [0.25, 0.3) is 0 Å². The second kappa shape index (κ2) is 5.78. The van der Waals surface area contributed by atoms with Crippen LogP contribution in [-0.2, 0) is 0 Å². The summed E-state index contributed by atoms with van der Waals surface area (Å²) in [6.07, 6.45) is 0.982. The van der Waals surface area contributed by atoms with Gasteiger partial charge in [0.05, 0.1) is 16.3 Å². The summed E-state index contributed by atoms with van der Waals surface area (Å²) in [5.41, 5.74) is 7.99. The number of hydrogen-bond donors (Lipinski definition) is 1. The van der Waals surface area contributed by atoms with E-state index in [1.54, 1.807) is 18.2 Å². The summed E-state index contributed by atoms with van der Waals surface area (Å²) < 4.78 is 0. The summed E-state index contributed by atoms with van der Waals surface area (Å²) >= 11 is 6.15. The number of nitrogens with zero attached hydrogens (tertiary/aromatic N) is 1. The zero-order valence-electron chi connectivity index (χ0n) is 11.6. The highest BCUT2D eigenvalue weighted by Crippen LogP contribution is 2.30. The molecule has 3 rings (SSSR count). The maximum absolute atomic E-state index is 12.6. The molecule has 108 valence electrons. The van der Waals surface area contributed by atoms with E-state index in [1.807, 2.05) is 23.1 Å². The largest absolute Gasteiger partial charge is 0.398 e. The second-order valence-electron chi connectivity index (χ2n) is 5.36. The van der Waals surface area contributed by atoms with Gasteiger partial charge in [-0.2, -0.15) is 0 Å². The third-order valence-corrected chi connectivity index (χ3v) is 4.43. The molecule has 1 heterocycles. The van der Waals surface area contributed by atoms with Crippen molar-refractivity contribution in [2.45, 2.75) is 12.3 Å². The fourth-order valence-electron chi connectivity index (χ4n) is 2.83. The molecule has 1 amide bonds. The van der Waals surface area contributed by atoms with Crippen LogP contribution < -0.4 is 5.73 Å². The summed E-state index contributed by atoms with van der Waals surface area (Å²) in [6, 6.07) is 15.5. The number of carbonyl (C=O) groups is 1. The lowest BCUT2D eigenvalue weighted by atomic mass is 9.99. The highest BCUT2D eigenvalue weighted by Gasteiger charge is 2.28. The predicted octanol–water partition coefficient (Wildman–Crippen LogP) is 3.55. The quantitative estimate of drug-likeness (QED) is 0.862. The van der Waals surface area contributed by atoms with E-state index >= 15 is 0 Å². The summed E-state index contributed by atoms with van der Waals surface area (Å²) in [6.45, 7) is 1.48. The number of likely N-dealkylation sites (tertiary alicyclic amines) is 1. The maximum Gasteiger partial charge on any atom is 0.255 e. The Morgan fingerprint density at radius 3 is 2.67 bits per heavy atom. The molecule has 1 aliphatic rings. The number of anilines is 1. The molecule has 1 aliphatic heterocycles. The van der Waals surface area contributed by atoms with Crippen LogP contribution in [0.5, 0.6) is 0 Å². The van der Waals surface area contributed by atoms with Crippen LogP contribution in [0.3, 0.4) is 0 Å². The molecule has 1 atom stereocenters. The van der Waals surface area contributed by atoms with Gasteiger partial charge in [0.1, 0.15) is 0 Å². The lowest BCUT2D eigenvalue weighted by Gasteiger charge is -2.18. The number of nitrogen functional groups attached to an aromatic ring is 1. The first-order chi connectivity index (χ1) is 10.2. The fourth-order valence-corrected chi connectivity index (χ4v) is 3.03. The molecule has 1 saturated heterocycles. The molecule has 1 fully saturated rings. The van der Waals surface area contributed by atoms with Crippen molar-refractivity contribution in [3.8, 4) is 0 Å². The highest BCUT2D eigenvalue weighted by atomic mass is 35.5. The number of carbonyl (C=O) groups excluding carboxylic acids is 1. The molecule has 0 radical (unpaired) electrons. The van der Waals surface area contributed by atoms with E-state index in [0.717, 1.165) is 19.5 Å². The molecule has 2 aromatic rings. The number of rotatable bonds is 2. The minimum absolute atomic E-state index is 0.0364. The third-order valence-electron chi connectivity index (χ3n) is 4.01. The average Bonchev–Trinajstić information content (AvgIpc) is 3.00. The van der Waals surface area contributed by atoms with Gasteiger partial charge < -0.3 is 10.6 Å². The number of nitrogens with two attached hydrogens (primary N) is 1. The Balaban J connectivity index is 1.77. The molecule has 3 nitrogen and oxygen atoms in total. The van der Waals surface area contributed by atoms with Crippen LogP contribution in [0.15, 0.2) is 48.5 Å². The van der Waals surface area contributed by atoms with E-state index in [-0.39, 0.29) is 5.91 Å². The van der Waals surface area contributed by atoms with Crippen LogP contribution in [0.2, 0.25) is 5.02 Å². The van der Waals surface area contributed by atoms with Gasteiger partial charge in [-0.3, -0.25) is 4.79 Å². The summed E-state index contributed by atoms with van der Waals surface area (Å²) in [5, 5.41) is 0.352. The molecule has 0 aromatic heterocycles. The van der Waals surface area contributed by atoms with Gasteiger partial charge in [-0.1, -0.05) is 48.0 Å². The maximum atomic E-state index is 12.6. The number of halogens is 1. The number of benzene rings is 2. The van der Waals surface area contributed by atoms with Crippen LogP contribution in [0.4, 0.5) is 5.69 Å². The smallest absolute Gasteiger partial charge is 0.255 e. The standard InChI is InChI=1S/C17H17ClN2O/c18-16-14(7-4-8-15(16)19)17(21)20-10-9-13(11-20)12-5-2-1-3-6-12/h1-8,13H,9-11,19H2. The minimum atomic E-state index is -0.0364. The summed E-state index contributed by atoms with van der Waals surface area (Å²) in [5.74, 6) is 0.362. The Hall–Kier alpha value is -2.00. The summed E-state index contributed by atoms with van der Waals surface area (Å²) in [4.78, 5) is 14.4. The molecular weight excluding hydrogens is 284 g/mol. The molecule has 0 aliphatic carbocycles. The third kappa shape index (κ3) is 2.74. The molecule has 0 spiro atoms. The molecule has 2 aromatic carbocycles. The van der Waals surface area contributed by atoms with Gasteiger partial charge in [0, 0.05) is 19.0 Å². The highest BCUT2D eigenvalue weighted by molar-refractivity contribution is 6.36. The van der Waals surface area contributed by atoms with E-state index in [2.05, 4.69) is 12.1 Å². The van der Waals surface area contributed by atoms with E-state index < -0.39 is 0 Å². The van der Waals surface area contributed by atoms with Gasteiger partial charge in [0.2, 0.25) is 0 Å². The van der Waals surface area contributed by atoms with E-state index in [0.29, 0.717) is 22.2 Å². The Morgan fingerprint density at radius 1 is 1.14 bits per heavy atom. The van der Waals surface area contributed by atoms with Gasteiger partial charge in [-0.15, -0.1) is 0 Å². The van der Waals surface area contributed by atoms with Crippen molar-refractivity contribution in [1.29, 1.82) is 0 Å². The lowest BCUT2D eigenvalue weighted by Crippen LogP contribution is -2.28. The zero-order chi connectivity index (χ0) is 14.8. The van der Waals surface area contributed by atoms with Gasteiger partial charge >= 0.3 is 0 Å². The summed E-state index contributed by atoms with van der Waals surface area (Å²) in [7, 11) is 0. The van der Waals surface area contributed by atoms with E-state index in [9.17, 15) is 4.79 Å². The van der Waals surface area contributed by atoms with Crippen LogP contribution in [0.1, 0.15) is 28.3 Å². The average molecular weight is 301 g/mol. The van der Waals surface area contributed by atoms with E-state index in [4.69, 9.17) is 17.3 Å².